The van der Waals surface area contributed by atoms with E-state index in [2.05, 4.69) is 5.32 Å². The molecule has 0 saturated heterocycles. The van der Waals surface area contributed by atoms with Gasteiger partial charge in [-0.1, -0.05) is 29.8 Å². The number of nitrogens with one attached hydrogen (secondary N) is 1. The Morgan fingerprint density at radius 2 is 1.95 bits per heavy atom. The van der Waals surface area contributed by atoms with E-state index in [0.717, 1.165) is 17.7 Å². The van der Waals surface area contributed by atoms with Crippen LogP contribution in [0.2, 0.25) is 5.02 Å². The minimum atomic E-state index is -1.03. The maximum absolute atomic E-state index is 11.2. The van der Waals surface area contributed by atoms with Crippen LogP contribution in [0.25, 0.3) is 0 Å². The molecule has 0 aliphatic heterocycles. The molecule has 4 nitrogen and oxygen atoms in total. The summed E-state index contributed by atoms with van der Waals surface area (Å²) in [4.78, 5) is 11.2. The Morgan fingerprint density at radius 1 is 1.24 bits per heavy atom. The van der Waals surface area contributed by atoms with Crippen LogP contribution in [-0.2, 0) is 6.42 Å². The molecule has 110 valence electrons. The van der Waals surface area contributed by atoms with E-state index >= 15 is 0 Å². The number of halogens is 1. The zero-order chi connectivity index (χ0) is 15.2. The maximum Gasteiger partial charge on any atom is 0.339 e. The van der Waals surface area contributed by atoms with Gasteiger partial charge in [0.2, 0.25) is 0 Å². The van der Waals surface area contributed by atoms with Gasteiger partial charge in [0.05, 0.1) is 17.8 Å². The predicted molar refractivity (Wildman–Crippen MR) is 83.6 cm³/mol. The van der Waals surface area contributed by atoms with Crippen molar-refractivity contribution in [1.82, 2.24) is 0 Å². The molecule has 0 unspecified atom stereocenters. The van der Waals surface area contributed by atoms with Gasteiger partial charge >= 0.3 is 5.97 Å². The monoisotopic (exact) mass is 305 g/mol. The Bertz CT molecular complexity index is 626. The zero-order valence-corrected chi connectivity index (χ0v) is 12.4. The molecule has 2 aromatic rings. The lowest BCUT2D eigenvalue weighted by Gasteiger charge is -2.11. The summed E-state index contributed by atoms with van der Waals surface area (Å²) in [5.41, 5.74) is 1.78. The molecule has 0 spiro atoms. The Labute approximate surface area is 128 Å². The number of benzene rings is 2. The highest BCUT2D eigenvalue weighted by molar-refractivity contribution is 6.34. The van der Waals surface area contributed by atoms with Gasteiger partial charge in [-0.15, -0.1) is 0 Å². The molecular formula is C16H16ClNO3. The van der Waals surface area contributed by atoms with Crippen LogP contribution < -0.4 is 10.1 Å². The van der Waals surface area contributed by atoms with Gasteiger partial charge in [-0.3, -0.25) is 0 Å². The van der Waals surface area contributed by atoms with Crippen LogP contribution in [-0.4, -0.2) is 24.7 Å². The van der Waals surface area contributed by atoms with Crippen molar-refractivity contribution in [3.63, 3.8) is 0 Å². The number of carboxylic acid groups (broad SMARTS) is 1. The number of carboxylic acids is 1. The van der Waals surface area contributed by atoms with Crippen molar-refractivity contribution in [2.24, 2.45) is 0 Å². The minimum absolute atomic E-state index is 0.105. The van der Waals surface area contributed by atoms with E-state index in [1.54, 1.807) is 25.3 Å². The molecular weight excluding hydrogens is 290 g/mol. The third kappa shape index (κ3) is 3.89. The minimum Gasteiger partial charge on any atom is -0.497 e. The van der Waals surface area contributed by atoms with Gasteiger partial charge in [0.15, 0.2) is 0 Å². The van der Waals surface area contributed by atoms with E-state index in [-0.39, 0.29) is 10.6 Å². The van der Waals surface area contributed by atoms with Crippen molar-refractivity contribution in [3.8, 4) is 5.75 Å². The van der Waals surface area contributed by atoms with E-state index in [1.165, 1.54) is 0 Å². The molecule has 0 aliphatic rings. The molecule has 2 aromatic carbocycles. The van der Waals surface area contributed by atoms with E-state index in [9.17, 15) is 9.90 Å². The maximum atomic E-state index is 11.2. The standard InChI is InChI=1S/C16H16ClNO3/c1-21-12-7-5-11(6-8-12)9-10-18-14-4-2-3-13(17)15(14)16(19)20/h2-8,18H,9-10H2,1H3,(H,19,20). The molecule has 0 saturated carbocycles. The van der Waals surface area contributed by atoms with Crippen molar-refractivity contribution >= 4 is 23.3 Å². The quantitative estimate of drug-likeness (QED) is 0.854. The first-order chi connectivity index (χ1) is 10.1. The smallest absolute Gasteiger partial charge is 0.339 e. The predicted octanol–water partition coefficient (Wildman–Crippen LogP) is 3.70. The molecule has 0 heterocycles. The van der Waals surface area contributed by atoms with Gasteiger partial charge in [0.1, 0.15) is 11.3 Å². The van der Waals surface area contributed by atoms with Crippen LogP contribution >= 0.6 is 11.6 Å². The average Bonchev–Trinajstić information content (AvgIpc) is 2.47. The van der Waals surface area contributed by atoms with Crippen LogP contribution in [0.5, 0.6) is 5.75 Å². The van der Waals surface area contributed by atoms with Crippen LogP contribution in [0.1, 0.15) is 15.9 Å². The number of hydrogen-bond acceptors (Lipinski definition) is 3. The molecule has 2 N–H and O–H groups in total. The van der Waals surface area contributed by atoms with Crippen molar-refractivity contribution < 1.29 is 14.6 Å². The molecule has 5 heteroatoms. The van der Waals surface area contributed by atoms with Gasteiger partial charge in [-0.25, -0.2) is 4.79 Å². The lowest BCUT2D eigenvalue weighted by molar-refractivity contribution is 0.0698. The summed E-state index contributed by atoms with van der Waals surface area (Å²) in [6.45, 7) is 0.618. The van der Waals surface area contributed by atoms with Crippen LogP contribution in [0, 0.1) is 0 Å². The average molecular weight is 306 g/mol. The number of rotatable bonds is 6. The SMILES string of the molecule is COc1ccc(CCNc2cccc(Cl)c2C(=O)O)cc1. The molecule has 0 radical (unpaired) electrons. The molecule has 0 amide bonds. The number of ether oxygens (including phenoxy) is 1. The number of methoxy groups -OCH3 is 1. The summed E-state index contributed by atoms with van der Waals surface area (Å²) in [6.07, 6.45) is 0.773. The highest BCUT2D eigenvalue weighted by Gasteiger charge is 2.13. The fraction of sp³-hybridized carbons (Fsp3) is 0.188. The Hall–Kier alpha value is -2.20. The molecule has 0 bridgehead atoms. The van der Waals surface area contributed by atoms with Crippen molar-refractivity contribution in [3.05, 3.63) is 58.6 Å². The van der Waals surface area contributed by atoms with Gasteiger partial charge < -0.3 is 15.2 Å². The topological polar surface area (TPSA) is 58.6 Å². The number of hydrogen-bond donors (Lipinski definition) is 2. The first kappa shape index (κ1) is 15.2. The molecule has 0 aromatic heterocycles. The third-order valence-corrected chi connectivity index (χ3v) is 3.43. The second-order valence-electron chi connectivity index (χ2n) is 4.49. The van der Waals surface area contributed by atoms with Crippen LogP contribution in [0.4, 0.5) is 5.69 Å². The van der Waals surface area contributed by atoms with Gasteiger partial charge in [-0.05, 0) is 36.2 Å². The van der Waals surface area contributed by atoms with Crippen LogP contribution in [0.15, 0.2) is 42.5 Å². The van der Waals surface area contributed by atoms with Gasteiger partial charge in [0.25, 0.3) is 0 Å². The van der Waals surface area contributed by atoms with Crippen molar-refractivity contribution in [1.29, 1.82) is 0 Å². The van der Waals surface area contributed by atoms with Crippen molar-refractivity contribution in [2.75, 3.05) is 19.0 Å². The van der Waals surface area contributed by atoms with E-state index in [1.807, 2.05) is 24.3 Å². The summed E-state index contributed by atoms with van der Waals surface area (Å²) in [5.74, 6) is -0.220. The lowest BCUT2D eigenvalue weighted by Crippen LogP contribution is -2.10. The number of anilines is 1. The van der Waals surface area contributed by atoms with E-state index in [0.29, 0.717) is 12.2 Å². The summed E-state index contributed by atoms with van der Waals surface area (Å²) >= 11 is 5.92. The van der Waals surface area contributed by atoms with Gasteiger partial charge in [-0.2, -0.15) is 0 Å². The molecule has 0 atom stereocenters. The third-order valence-electron chi connectivity index (χ3n) is 3.12. The second-order valence-corrected chi connectivity index (χ2v) is 4.90. The van der Waals surface area contributed by atoms with E-state index < -0.39 is 5.97 Å². The first-order valence-corrected chi connectivity index (χ1v) is 6.88. The highest BCUT2D eigenvalue weighted by Crippen LogP contribution is 2.24. The zero-order valence-electron chi connectivity index (χ0n) is 11.6. The van der Waals surface area contributed by atoms with Crippen LogP contribution in [0.3, 0.4) is 0 Å². The summed E-state index contributed by atoms with van der Waals surface area (Å²) < 4.78 is 5.10. The summed E-state index contributed by atoms with van der Waals surface area (Å²) in [5, 5.41) is 12.5. The lowest BCUT2D eigenvalue weighted by atomic mass is 10.1. The normalized spacial score (nSPS) is 10.2. The van der Waals surface area contributed by atoms with E-state index in [4.69, 9.17) is 16.3 Å². The highest BCUT2D eigenvalue weighted by atomic mass is 35.5. The fourth-order valence-electron chi connectivity index (χ4n) is 2.02. The molecule has 0 aliphatic carbocycles. The molecule has 2 rings (SSSR count). The number of carbonyl (C=O) groups is 1. The Morgan fingerprint density at radius 3 is 2.57 bits per heavy atom. The summed E-state index contributed by atoms with van der Waals surface area (Å²) in [6, 6.07) is 12.8. The molecule has 0 fully saturated rings. The largest absolute Gasteiger partial charge is 0.497 e. The van der Waals surface area contributed by atoms with Crippen molar-refractivity contribution in [2.45, 2.75) is 6.42 Å². The Kier molecular flexibility index (Phi) is 5.06. The second kappa shape index (κ2) is 6.99. The number of aromatic carboxylic acids is 1. The fourth-order valence-corrected chi connectivity index (χ4v) is 2.28. The first-order valence-electron chi connectivity index (χ1n) is 6.50. The summed E-state index contributed by atoms with van der Waals surface area (Å²) in [7, 11) is 1.63. The molecule has 21 heavy (non-hydrogen) atoms. The Balaban J connectivity index is 2.00. The van der Waals surface area contributed by atoms with Gasteiger partial charge in [0, 0.05) is 6.54 Å².